The van der Waals surface area contributed by atoms with Gasteiger partial charge in [-0.25, -0.2) is 21.9 Å². The van der Waals surface area contributed by atoms with Crippen molar-refractivity contribution in [3.05, 3.63) is 24.1 Å². The minimum atomic E-state index is -3.84. The Balaban J connectivity index is 1.92. The Bertz CT molecular complexity index is 1060. The van der Waals surface area contributed by atoms with Gasteiger partial charge >= 0.3 is 6.09 Å². The van der Waals surface area contributed by atoms with Gasteiger partial charge in [-0.05, 0) is 76.7 Å². The molecule has 3 rings (SSSR count). The van der Waals surface area contributed by atoms with E-state index in [1.807, 2.05) is 0 Å². The predicted molar refractivity (Wildman–Crippen MR) is 138 cm³/mol. The van der Waals surface area contributed by atoms with Gasteiger partial charge in [0, 0.05) is 5.41 Å². The topological polar surface area (TPSA) is 92.8 Å². The smallest absolute Gasteiger partial charge is 0.408 e. The number of alkyl carbamates (subject to hydrolysis) is 1. The Kier molecular flexibility index (Phi) is 7.52. The molecule has 2 saturated carbocycles. The van der Waals surface area contributed by atoms with Crippen LogP contribution in [0.1, 0.15) is 81.1 Å². The summed E-state index contributed by atoms with van der Waals surface area (Å²) in [5, 5.41) is 2.55. The highest BCUT2D eigenvalue weighted by molar-refractivity contribution is 7.90. The number of halogens is 1. The first-order valence-corrected chi connectivity index (χ1v) is 14.5. The van der Waals surface area contributed by atoms with Crippen molar-refractivity contribution in [2.75, 3.05) is 5.75 Å². The second-order valence-corrected chi connectivity index (χ2v) is 14.8. The number of hydrogen-bond acceptors (Lipinski definition) is 5. The molecule has 36 heavy (non-hydrogen) atoms. The van der Waals surface area contributed by atoms with Crippen molar-refractivity contribution in [2.45, 2.75) is 98.8 Å². The molecule has 1 spiro atoms. The number of carbonyl (C=O) groups excluding carboxylic acids is 2. The van der Waals surface area contributed by atoms with E-state index in [9.17, 15) is 18.0 Å². The number of carbonyl (C=O) groups is 2. The highest BCUT2D eigenvalue weighted by atomic mass is 32.2. The average molecular weight is 527 g/mol. The highest BCUT2D eigenvalue weighted by Gasteiger charge is 2.72. The Morgan fingerprint density at radius 3 is 2.39 bits per heavy atom. The molecule has 0 unspecified atom stereocenters. The van der Waals surface area contributed by atoms with Gasteiger partial charge in [0.2, 0.25) is 15.9 Å². The number of nitrogens with one attached hydrogen (secondary N) is 1. The molecule has 3 fully saturated rings. The van der Waals surface area contributed by atoms with E-state index in [1.54, 1.807) is 41.5 Å². The number of sulfonamides is 1. The molecule has 0 aromatic rings. The van der Waals surface area contributed by atoms with Crippen LogP contribution in [0.5, 0.6) is 0 Å². The molecule has 9 heteroatoms. The average Bonchev–Trinajstić information content (AvgIpc) is 3.16. The standard InChI is InChI=1S/C27H43FN2O5S/c1-16(2)12-18(13-20(28)22(17(3)4)29-24(32)35-25(5,6)7)23(31)30-21-14-19-10-11-27(21,26(19,8)9)15-36(30,33)34/h13,17-19,21-22H,1,10-12,14-15H2,2-9H3,(H,29,32)/b20-13-/t18-,19-,21-,22+,27-/m1/s1. The van der Waals surface area contributed by atoms with Crippen LogP contribution < -0.4 is 5.32 Å². The van der Waals surface area contributed by atoms with Gasteiger partial charge in [-0.3, -0.25) is 4.79 Å². The van der Waals surface area contributed by atoms with Crippen LogP contribution in [0.15, 0.2) is 24.1 Å². The number of fused-ring (bicyclic) bond motifs is 1. The molecule has 1 heterocycles. The third kappa shape index (κ3) is 5.09. The zero-order valence-electron chi connectivity index (χ0n) is 23.0. The molecule has 0 aromatic carbocycles. The molecule has 1 saturated heterocycles. The van der Waals surface area contributed by atoms with E-state index >= 15 is 4.39 Å². The maximum atomic E-state index is 15.6. The quantitative estimate of drug-likeness (QED) is 0.452. The molecular weight excluding hydrogens is 483 g/mol. The first-order valence-electron chi connectivity index (χ1n) is 12.9. The summed E-state index contributed by atoms with van der Waals surface area (Å²) in [6.45, 7) is 18.5. The largest absolute Gasteiger partial charge is 0.444 e. The molecule has 0 aromatic heterocycles. The van der Waals surface area contributed by atoms with E-state index < -0.39 is 56.9 Å². The van der Waals surface area contributed by atoms with Crippen molar-refractivity contribution < 1.29 is 27.1 Å². The van der Waals surface area contributed by atoms with Crippen LogP contribution in [0, 0.1) is 28.6 Å². The molecule has 7 nitrogen and oxygen atoms in total. The van der Waals surface area contributed by atoms with E-state index in [1.165, 1.54) is 0 Å². The summed E-state index contributed by atoms with van der Waals surface area (Å²) >= 11 is 0. The van der Waals surface area contributed by atoms with Gasteiger partial charge in [0.1, 0.15) is 11.4 Å². The van der Waals surface area contributed by atoms with E-state index in [0.29, 0.717) is 17.9 Å². The zero-order valence-corrected chi connectivity index (χ0v) is 23.8. The number of nitrogens with zero attached hydrogens (tertiary/aromatic N) is 1. The second-order valence-electron chi connectivity index (χ2n) is 12.9. The van der Waals surface area contributed by atoms with Gasteiger partial charge in [0.15, 0.2) is 0 Å². The van der Waals surface area contributed by atoms with Crippen LogP contribution in [0.4, 0.5) is 9.18 Å². The van der Waals surface area contributed by atoms with Crippen molar-refractivity contribution in [2.24, 2.45) is 28.6 Å². The number of ether oxygens (including phenoxy) is 1. The lowest BCUT2D eigenvalue weighted by molar-refractivity contribution is -0.131. The Morgan fingerprint density at radius 1 is 1.28 bits per heavy atom. The fraction of sp³-hybridized carbons (Fsp3) is 0.778. The summed E-state index contributed by atoms with van der Waals surface area (Å²) in [4.78, 5) is 26.2. The molecule has 1 N–H and O–H groups in total. The van der Waals surface area contributed by atoms with E-state index in [2.05, 4.69) is 25.7 Å². The highest BCUT2D eigenvalue weighted by Crippen LogP contribution is 2.70. The number of amides is 2. The van der Waals surface area contributed by atoms with Gasteiger partial charge in [0.05, 0.1) is 23.8 Å². The first-order chi connectivity index (χ1) is 16.3. The van der Waals surface area contributed by atoms with E-state index in [-0.39, 0.29) is 23.5 Å². The van der Waals surface area contributed by atoms with E-state index in [4.69, 9.17) is 4.74 Å². The second kappa shape index (κ2) is 9.44. The van der Waals surface area contributed by atoms with Crippen molar-refractivity contribution in [1.29, 1.82) is 0 Å². The Labute approximate surface area is 216 Å². The fourth-order valence-electron chi connectivity index (χ4n) is 6.62. The molecule has 204 valence electrons. The van der Waals surface area contributed by atoms with E-state index in [0.717, 1.165) is 23.2 Å². The lowest BCUT2D eigenvalue weighted by Crippen LogP contribution is -2.46. The van der Waals surface area contributed by atoms with Gasteiger partial charge in [-0.1, -0.05) is 33.3 Å². The minimum absolute atomic E-state index is 0.0410. The van der Waals surface area contributed by atoms with Crippen LogP contribution in [0.3, 0.4) is 0 Å². The van der Waals surface area contributed by atoms with Crippen LogP contribution in [-0.4, -0.2) is 48.2 Å². The van der Waals surface area contributed by atoms with Crippen LogP contribution in [-0.2, 0) is 19.6 Å². The summed E-state index contributed by atoms with van der Waals surface area (Å²) in [5.41, 5.74) is -0.747. The van der Waals surface area contributed by atoms with Crippen molar-refractivity contribution in [1.82, 2.24) is 9.62 Å². The van der Waals surface area contributed by atoms with Gasteiger partial charge in [-0.2, -0.15) is 0 Å². The third-order valence-electron chi connectivity index (χ3n) is 8.51. The monoisotopic (exact) mass is 526 g/mol. The number of rotatable bonds is 7. The Hall–Kier alpha value is -1.90. The molecule has 5 atom stereocenters. The zero-order chi connectivity index (χ0) is 27.4. The first kappa shape index (κ1) is 28.7. The summed E-state index contributed by atoms with van der Waals surface area (Å²) in [6.07, 6.45) is 2.92. The number of hydrogen-bond donors (Lipinski definition) is 1. The maximum absolute atomic E-state index is 15.6. The minimum Gasteiger partial charge on any atom is -0.444 e. The summed E-state index contributed by atoms with van der Waals surface area (Å²) in [6, 6.07) is -1.42. The van der Waals surface area contributed by atoms with Crippen LogP contribution in [0.25, 0.3) is 0 Å². The summed E-state index contributed by atoms with van der Waals surface area (Å²) in [7, 11) is -3.84. The molecule has 1 aliphatic heterocycles. The van der Waals surface area contributed by atoms with Crippen LogP contribution >= 0.6 is 0 Å². The third-order valence-corrected chi connectivity index (χ3v) is 10.4. The van der Waals surface area contributed by atoms with Crippen LogP contribution in [0.2, 0.25) is 0 Å². The SMILES string of the molecule is C=C(C)C[C@H](/C=C(\F)[C@@H](NC(=O)OC(C)(C)C)C(C)C)C(=O)N1[C@@H]2C[C@H]3CC[C@]2(CS1(=O)=O)C3(C)C. The molecule has 2 amide bonds. The molecule has 2 bridgehead atoms. The molecule has 3 aliphatic rings. The van der Waals surface area contributed by atoms with Gasteiger partial charge in [0.25, 0.3) is 0 Å². The predicted octanol–water partition coefficient (Wildman–Crippen LogP) is 5.34. The van der Waals surface area contributed by atoms with Crippen molar-refractivity contribution >= 4 is 22.0 Å². The normalized spacial score (nSPS) is 30.2. The fourth-order valence-corrected chi connectivity index (χ4v) is 9.20. The van der Waals surface area contributed by atoms with Gasteiger partial charge in [-0.15, -0.1) is 6.58 Å². The number of allylic oxidation sites excluding steroid dienone is 1. The maximum Gasteiger partial charge on any atom is 0.408 e. The summed E-state index contributed by atoms with van der Waals surface area (Å²) in [5.74, 6) is -2.37. The Morgan fingerprint density at radius 2 is 1.89 bits per heavy atom. The molecule has 2 aliphatic carbocycles. The van der Waals surface area contributed by atoms with Crippen molar-refractivity contribution in [3.63, 3.8) is 0 Å². The molecule has 0 radical (unpaired) electrons. The molecular formula is C27H43FN2O5S. The lowest BCUT2D eigenvalue weighted by atomic mass is 9.69. The van der Waals surface area contributed by atoms with Crippen molar-refractivity contribution in [3.8, 4) is 0 Å². The van der Waals surface area contributed by atoms with Gasteiger partial charge < -0.3 is 10.1 Å². The summed E-state index contributed by atoms with van der Waals surface area (Å²) < 4.78 is 48.7. The lowest BCUT2D eigenvalue weighted by Gasteiger charge is -2.37.